The summed E-state index contributed by atoms with van der Waals surface area (Å²) >= 11 is 1.51. The summed E-state index contributed by atoms with van der Waals surface area (Å²) in [6.45, 7) is 1.56. The molecule has 2 heterocycles. The molecule has 1 aromatic rings. The molecule has 2 N–H and O–H groups in total. The predicted molar refractivity (Wildman–Crippen MR) is 83.8 cm³/mol. The number of hydrogen-bond donors (Lipinski definition) is 2. The van der Waals surface area contributed by atoms with Crippen molar-refractivity contribution in [2.75, 3.05) is 31.2 Å². The van der Waals surface area contributed by atoms with Gasteiger partial charge in [-0.25, -0.2) is 0 Å². The summed E-state index contributed by atoms with van der Waals surface area (Å²) in [4.78, 5) is 26.9. The number of carbonyl (C=O) groups excluding carboxylic acids is 2. The molecule has 0 saturated carbocycles. The molecule has 1 aromatic carbocycles. The lowest BCUT2D eigenvalue weighted by Gasteiger charge is -2.32. The van der Waals surface area contributed by atoms with Crippen LogP contribution in [0, 0.1) is 0 Å². The second-order valence-electron chi connectivity index (χ2n) is 5.40. The quantitative estimate of drug-likeness (QED) is 0.870. The molecule has 2 aliphatic rings. The Morgan fingerprint density at radius 1 is 1.38 bits per heavy atom. The van der Waals surface area contributed by atoms with Crippen LogP contribution in [0.25, 0.3) is 0 Å². The highest BCUT2D eigenvalue weighted by Crippen LogP contribution is 2.32. The van der Waals surface area contributed by atoms with Gasteiger partial charge in [0.2, 0.25) is 5.91 Å². The molecule has 21 heavy (non-hydrogen) atoms. The molecular formula is C15H19N3O2S. The smallest absolute Gasteiger partial charge is 0.253 e. The molecule has 0 unspecified atom stereocenters. The lowest BCUT2D eigenvalue weighted by atomic mass is 10.0. The average Bonchev–Trinajstić information content (AvgIpc) is 2.53. The van der Waals surface area contributed by atoms with Gasteiger partial charge in [0.05, 0.1) is 11.4 Å². The van der Waals surface area contributed by atoms with E-state index in [0.29, 0.717) is 17.4 Å². The first-order valence-electron chi connectivity index (χ1n) is 7.20. The van der Waals surface area contributed by atoms with Crippen LogP contribution in [0.5, 0.6) is 0 Å². The van der Waals surface area contributed by atoms with Gasteiger partial charge in [-0.3, -0.25) is 9.59 Å². The number of likely N-dealkylation sites (tertiary alicyclic amines) is 1. The topological polar surface area (TPSA) is 61.4 Å². The van der Waals surface area contributed by atoms with E-state index in [-0.39, 0.29) is 11.8 Å². The van der Waals surface area contributed by atoms with Gasteiger partial charge in [-0.1, -0.05) is 0 Å². The summed E-state index contributed by atoms with van der Waals surface area (Å²) in [5, 5.41) is 6.09. The third kappa shape index (κ3) is 3.06. The number of fused-ring (bicyclic) bond motifs is 1. The van der Waals surface area contributed by atoms with E-state index in [1.165, 1.54) is 11.8 Å². The van der Waals surface area contributed by atoms with Crippen LogP contribution in [0.2, 0.25) is 0 Å². The highest BCUT2D eigenvalue weighted by molar-refractivity contribution is 8.00. The first-order chi connectivity index (χ1) is 10.2. The van der Waals surface area contributed by atoms with Crippen molar-refractivity contribution in [1.29, 1.82) is 0 Å². The van der Waals surface area contributed by atoms with E-state index in [4.69, 9.17) is 0 Å². The molecule has 0 spiro atoms. The molecule has 0 radical (unpaired) electrons. The van der Waals surface area contributed by atoms with E-state index < -0.39 is 0 Å². The Balaban J connectivity index is 1.73. The van der Waals surface area contributed by atoms with Gasteiger partial charge in [0.25, 0.3) is 5.91 Å². The van der Waals surface area contributed by atoms with Gasteiger partial charge in [0, 0.05) is 29.6 Å². The molecule has 1 fully saturated rings. The molecule has 5 nitrogen and oxygen atoms in total. The SMILES string of the molecule is CNC1CCN(C(=O)c2ccc3c(c2)NC(=O)CS3)CC1. The number of hydrogen-bond acceptors (Lipinski definition) is 4. The van der Waals surface area contributed by atoms with E-state index in [2.05, 4.69) is 10.6 Å². The van der Waals surface area contributed by atoms with Crippen LogP contribution >= 0.6 is 11.8 Å². The van der Waals surface area contributed by atoms with Crippen molar-refractivity contribution in [3.8, 4) is 0 Å². The number of rotatable bonds is 2. The Kier molecular flexibility index (Phi) is 4.17. The van der Waals surface area contributed by atoms with Crippen LogP contribution in [0.4, 0.5) is 5.69 Å². The summed E-state index contributed by atoms with van der Waals surface area (Å²) < 4.78 is 0. The lowest BCUT2D eigenvalue weighted by molar-refractivity contribution is -0.113. The van der Waals surface area contributed by atoms with Gasteiger partial charge in [0.15, 0.2) is 0 Å². The van der Waals surface area contributed by atoms with Gasteiger partial charge < -0.3 is 15.5 Å². The van der Waals surface area contributed by atoms with Crippen molar-refractivity contribution in [2.24, 2.45) is 0 Å². The number of anilines is 1. The minimum absolute atomic E-state index is 0.00747. The Hall–Kier alpha value is -1.53. The molecule has 1 saturated heterocycles. The predicted octanol–water partition coefficient (Wildman–Crippen LogP) is 1.55. The van der Waals surface area contributed by atoms with Crippen LogP contribution in [0.15, 0.2) is 23.1 Å². The van der Waals surface area contributed by atoms with Crippen LogP contribution in [-0.2, 0) is 4.79 Å². The molecule has 2 aliphatic heterocycles. The number of piperidine rings is 1. The van der Waals surface area contributed by atoms with E-state index in [1.54, 1.807) is 6.07 Å². The lowest BCUT2D eigenvalue weighted by Crippen LogP contribution is -2.44. The Labute approximate surface area is 128 Å². The third-order valence-corrected chi connectivity index (χ3v) is 5.12. The summed E-state index contributed by atoms with van der Waals surface area (Å²) in [5.41, 5.74) is 1.41. The average molecular weight is 305 g/mol. The van der Waals surface area contributed by atoms with Crippen LogP contribution in [0.1, 0.15) is 23.2 Å². The summed E-state index contributed by atoms with van der Waals surface area (Å²) in [5.74, 6) is 0.488. The largest absolute Gasteiger partial charge is 0.339 e. The molecule has 0 bridgehead atoms. The van der Waals surface area contributed by atoms with Gasteiger partial charge in [-0.15, -0.1) is 11.8 Å². The number of nitrogens with one attached hydrogen (secondary N) is 2. The first kappa shape index (κ1) is 14.4. The molecular weight excluding hydrogens is 286 g/mol. The minimum Gasteiger partial charge on any atom is -0.339 e. The standard InChI is InChI=1S/C15H19N3O2S/c1-16-11-4-6-18(7-5-11)15(20)10-2-3-13-12(8-10)17-14(19)9-21-13/h2-3,8,11,16H,4-7,9H2,1H3,(H,17,19). The summed E-state index contributed by atoms with van der Waals surface area (Å²) in [6, 6.07) is 6.09. The van der Waals surface area contributed by atoms with E-state index in [0.717, 1.165) is 36.5 Å². The Morgan fingerprint density at radius 3 is 2.86 bits per heavy atom. The van der Waals surface area contributed by atoms with Crippen molar-refractivity contribution in [1.82, 2.24) is 10.2 Å². The summed E-state index contributed by atoms with van der Waals surface area (Å²) in [6.07, 6.45) is 1.97. The minimum atomic E-state index is -0.00747. The molecule has 6 heteroatoms. The number of carbonyl (C=O) groups is 2. The molecule has 0 aromatic heterocycles. The van der Waals surface area contributed by atoms with Crippen LogP contribution in [-0.4, -0.2) is 48.6 Å². The highest BCUT2D eigenvalue weighted by atomic mass is 32.2. The highest BCUT2D eigenvalue weighted by Gasteiger charge is 2.24. The molecule has 112 valence electrons. The van der Waals surface area contributed by atoms with Crippen LogP contribution < -0.4 is 10.6 Å². The Morgan fingerprint density at radius 2 is 2.14 bits per heavy atom. The van der Waals surface area contributed by atoms with E-state index in [1.807, 2.05) is 24.1 Å². The molecule has 2 amide bonds. The molecule has 0 aliphatic carbocycles. The fourth-order valence-electron chi connectivity index (χ4n) is 2.77. The van der Waals surface area contributed by atoms with Gasteiger partial charge in [-0.05, 0) is 38.1 Å². The normalized spacial score (nSPS) is 19.1. The third-order valence-electron chi connectivity index (χ3n) is 4.05. The van der Waals surface area contributed by atoms with Gasteiger partial charge in [-0.2, -0.15) is 0 Å². The van der Waals surface area contributed by atoms with Crippen LogP contribution in [0.3, 0.4) is 0 Å². The maximum atomic E-state index is 12.5. The summed E-state index contributed by atoms with van der Waals surface area (Å²) in [7, 11) is 1.96. The number of nitrogens with zero attached hydrogens (tertiary/aromatic N) is 1. The molecule has 3 rings (SSSR count). The fourth-order valence-corrected chi connectivity index (χ4v) is 3.56. The van der Waals surface area contributed by atoms with E-state index >= 15 is 0 Å². The fraction of sp³-hybridized carbons (Fsp3) is 0.467. The monoisotopic (exact) mass is 305 g/mol. The Bertz CT molecular complexity index is 568. The number of thioether (sulfide) groups is 1. The maximum absolute atomic E-state index is 12.5. The van der Waals surface area contributed by atoms with Crippen molar-refractivity contribution in [3.63, 3.8) is 0 Å². The zero-order valence-corrected chi connectivity index (χ0v) is 12.8. The molecule has 0 atom stereocenters. The van der Waals surface area contributed by atoms with Crippen molar-refractivity contribution < 1.29 is 9.59 Å². The first-order valence-corrected chi connectivity index (χ1v) is 8.19. The second-order valence-corrected chi connectivity index (χ2v) is 6.42. The zero-order valence-electron chi connectivity index (χ0n) is 12.0. The van der Waals surface area contributed by atoms with Crippen molar-refractivity contribution in [2.45, 2.75) is 23.8 Å². The zero-order chi connectivity index (χ0) is 14.8. The van der Waals surface area contributed by atoms with Gasteiger partial charge in [0.1, 0.15) is 0 Å². The van der Waals surface area contributed by atoms with Crippen molar-refractivity contribution in [3.05, 3.63) is 23.8 Å². The van der Waals surface area contributed by atoms with Gasteiger partial charge >= 0.3 is 0 Å². The maximum Gasteiger partial charge on any atom is 0.253 e. The van der Waals surface area contributed by atoms with Crippen molar-refractivity contribution >= 4 is 29.3 Å². The number of benzene rings is 1. The number of amides is 2. The van der Waals surface area contributed by atoms with E-state index in [9.17, 15) is 9.59 Å². The second kappa shape index (κ2) is 6.07.